The number of aromatic nitrogens is 2. The highest BCUT2D eigenvalue weighted by molar-refractivity contribution is 5.90. The molecule has 0 atom stereocenters. The summed E-state index contributed by atoms with van der Waals surface area (Å²) in [7, 11) is 1.38. The number of amides is 2. The van der Waals surface area contributed by atoms with Crippen LogP contribution in [0.5, 0.6) is 5.88 Å². The second-order valence-corrected chi connectivity index (χ2v) is 6.79. The Labute approximate surface area is 173 Å². The zero-order chi connectivity index (χ0) is 22.2. The number of fused-ring (bicyclic) bond motifs is 1. The summed E-state index contributed by atoms with van der Waals surface area (Å²) in [5, 5.41) is 2.63. The van der Waals surface area contributed by atoms with Gasteiger partial charge in [0, 0.05) is 37.9 Å². The van der Waals surface area contributed by atoms with Gasteiger partial charge in [0.15, 0.2) is 5.82 Å². The molecular weight excluding hydrogens is 422 g/mol. The summed E-state index contributed by atoms with van der Waals surface area (Å²) in [5.74, 6) is -0.775. The molecule has 8 nitrogen and oxygen atoms in total. The van der Waals surface area contributed by atoms with Crippen LogP contribution in [0.2, 0.25) is 0 Å². The Morgan fingerprint density at radius 2 is 1.90 bits per heavy atom. The number of hydrogen-bond acceptors (Lipinski definition) is 6. The van der Waals surface area contributed by atoms with Crippen molar-refractivity contribution in [2.24, 2.45) is 0 Å². The first-order chi connectivity index (χ1) is 14.7. The number of carbonyl (C=O) groups is 1. The third-order valence-electron chi connectivity index (χ3n) is 4.82. The Bertz CT molecular complexity index is 1110. The molecule has 1 N–H and O–H groups in total. The van der Waals surface area contributed by atoms with Crippen LogP contribution in [0.4, 0.5) is 33.9 Å². The number of methoxy groups -OCH3 is 1. The number of nitrogens with one attached hydrogen (secondary N) is 1. The molecule has 0 unspecified atom stereocenters. The van der Waals surface area contributed by atoms with Gasteiger partial charge in [-0.2, -0.15) is 18.2 Å². The van der Waals surface area contributed by atoms with E-state index in [9.17, 15) is 22.4 Å². The van der Waals surface area contributed by atoms with Gasteiger partial charge in [-0.1, -0.05) is 0 Å². The zero-order valence-corrected chi connectivity index (χ0v) is 16.2. The van der Waals surface area contributed by atoms with Crippen LogP contribution in [0, 0.1) is 5.82 Å². The molecule has 0 saturated carbocycles. The van der Waals surface area contributed by atoms with Gasteiger partial charge in [0.2, 0.25) is 5.71 Å². The van der Waals surface area contributed by atoms with Gasteiger partial charge in [0.25, 0.3) is 5.88 Å². The maximum absolute atomic E-state index is 13.7. The molecule has 0 bridgehead atoms. The maximum Gasteiger partial charge on any atom is 0.416 e. The van der Waals surface area contributed by atoms with E-state index in [0.29, 0.717) is 11.6 Å². The van der Waals surface area contributed by atoms with Crippen molar-refractivity contribution in [3.63, 3.8) is 0 Å². The molecule has 3 heterocycles. The zero-order valence-electron chi connectivity index (χ0n) is 16.2. The number of nitrogens with zero attached hydrogens (tertiary/aromatic N) is 4. The molecule has 0 aliphatic carbocycles. The predicted octanol–water partition coefficient (Wildman–Crippen LogP) is 3.74. The Hall–Kier alpha value is -3.57. The summed E-state index contributed by atoms with van der Waals surface area (Å²) < 4.78 is 62.8. The summed E-state index contributed by atoms with van der Waals surface area (Å²) in [6.07, 6.45) is -3.24. The van der Waals surface area contributed by atoms with E-state index in [2.05, 4.69) is 15.3 Å². The average molecular weight is 439 g/mol. The van der Waals surface area contributed by atoms with E-state index in [1.54, 1.807) is 11.0 Å². The summed E-state index contributed by atoms with van der Waals surface area (Å²) in [6.45, 7) is 0.899. The van der Waals surface area contributed by atoms with E-state index in [0.717, 1.165) is 12.1 Å². The van der Waals surface area contributed by atoms with Crippen molar-refractivity contribution in [2.45, 2.75) is 6.18 Å². The van der Waals surface area contributed by atoms with Crippen LogP contribution in [-0.4, -0.2) is 54.2 Å². The predicted molar refractivity (Wildman–Crippen MR) is 103 cm³/mol. The second-order valence-electron chi connectivity index (χ2n) is 6.79. The van der Waals surface area contributed by atoms with Gasteiger partial charge in [0.1, 0.15) is 11.3 Å². The Morgan fingerprint density at radius 3 is 2.58 bits per heavy atom. The number of furan rings is 1. The standard InChI is InChI=1S/C19H17F4N5O3/c1-30-17-15(24-14-2-7-31-16(14)26-17)25-18(29)28-5-3-27(4-6-28)13-9-11(19(21,22)23)8-12(20)10-13/h2,7-10H,3-6H2,1H3,(H,24,25,29). The fraction of sp³-hybridized carbons (Fsp3) is 0.316. The molecule has 1 aromatic carbocycles. The van der Waals surface area contributed by atoms with Crippen LogP contribution in [0.25, 0.3) is 11.2 Å². The Kier molecular flexibility index (Phi) is 5.29. The minimum absolute atomic E-state index is 0.0777. The first-order valence-electron chi connectivity index (χ1n) is 9.22. The van der Waals surface area contributed by atoms with Crippen LogP contribution in [0.1, 0.15) is 5.56 Å². The first kappa shape index (κ1) is 20.7. The van der Waals surface area contributed by atoms with Gasteiger partial charge >= 0.3 is 12.2 Å². The molecule has 12 heteroatoms. The number of benzene rings is 1. The highest BCUT2D eigenvalue weighted by Gasteiger charge is 2.32. The van der Waals surface area contributed by atoms with E-state index in [-0.39, 0.29) is 49.3 Å². The third-order valence-corrected chi connectivity index (χ3v) is 4.82. The van der Waals surface area contributed by atoms with Crippen molar-refractivity contribution in [3.8, 4) is 5.88 Å². The number of halogens is 4. The normalized spacial score (nSPS) is 14.7. The van der Waals surface area contributed by atoms with E-state index in [4.69, 9.17) is 9.15 Å². The minimum atomic E-state index is -4.64. The molecule has 4 rings (SSSR count). The molecule has 0 radical (unpaired) electrons. The highest BCUT2D eigenvalue weighted by atomic mass is 19.4. The monoisotopic (exact) mass is 439 g/mol. The number of alkyl halides is 3. The van der Waals surface area contributed by atoms with Crippen LogP contribution in [-0.2, 0) is 6.18 Å². The molecule has 164 valence electrons. The minimum Gasteiger partial charge on any atom is -0.478 e. The molecule has 1 fully saturated rings. The fourth-order valence-electron chi connectivity index (χ4n) is 3.27. The molecule has 1 aliphatic heterocycles. The number of urea groups is 1. The van der Waals surface area contributed by atoms with Gasteiger partial charge in [-0.3, -0.25) is 5.32 Å². The van der Waals surface area contributed by atoms with Gasteiger partial charge in [0.05, 0.1) is 18.9 Å². The summed E-state index contributed by atoms with van der Waals surface area (Å²) in [5.41, 5.74) is -0.238. The molecule has 31 heavy (non-hydrogen) atoms. The lowest BCUT2D eigenvalue weighted by atomic mass is 10.1. The number of piperazine rings is 1. The SMILES string of the molecule is COc1nc2occc2nc1NC(=O)N1CCN(c2cc(F)cc(C(F)(F)F)c2)CC1. The molecule has 0 spiro atoms. The van der Waals surface area contributed by atoms with E-state index >= 15 is 0 Å². The van der Waals surface area contributed by atoms with Crippen molar-refractivity contribution in [2.75, 3.05) is 43.5 Å². The quantitative estimate of drug-likeness (QED) is 0.626. The lowest BCUT2D eigenvalue weighted by Crippen LogP contribution is -2.50. The van der Waals surface area contributed by atoms with Crippen LogP contribution in [0.3, 0.4) is 0 Å². The largest absolute Gasteiger partial charge is 0.478 e. The van der Waals surface area contributed by atoms with Crippen molar-refractivity contribution < 1.29 is 31.5 Å². The average Bonchev–Trinajstić information content (AvgIpc) is 3.19. The molecule has 2 amide bonds. The van der Waals surface area contributed by atoms with Gasteiger partial charge in [-0.05, 0) is 18.2 Å². The van der Waals surface area contributed by atoms with Gasteiger partial charge in [-0.25, -0.2) is 14.2 Å². The van der Waals surface area contributed by atoms with E-state index in [1.807, 2.05) is 0 Å². The van der Waals surface area contributed by atoms with Crippen LogP contribution in [0.15, 0.2) is 34.9 Å². The number of carbonyl (C=O) groups excluding carboxylic acids is 1. The van der Waals surface area contributed by atoms with E-state index < -0.39 is 23.6 Å². The Balaban J connectivity index is 1.43. The lowest BCUT2D eigenvalue weighted by Gasteiger charge is -2.36. The van der Waals surface area contributed by atoms with Crippen LogP contribution >= 0.6 is 0 Å². The Morgan fingerprint density at radius 1 is 1.16 bits per heavy atom. The topological polar surface area (TPSA) is 83.7 Å². The van der Waals surface area contributed by atoms with Crippen LogP contribution < -0.4 is 15.0 Å². The molecule has 1 saturated heterocycles. The van der Waals surface area contributed by atoms with Gasteiger partial charge in [-0.15, -0.1) is 0 Å². The number of ether oxygens (including phenoxy) is 1. The number of anilines is 2. The van der Waals surface area contributed by atoms with Crippen molar-refractivity contribution in [1.29, 1.82) is 0 Å². The van der Waals surface area contributed by atoms with E-state index in [1.165, 1.54) is 18.3 Å². The fourth-order valence-corrected chi connectivity index (χ4v) is 3.27. The molecule has 1 aliphatic rings. The summed E-state index contributed by atoms with van der Waals surface area (Å²) >= 11 is 0. The first-order valence-corrected chi connectivity index (χ1v) is 9.22. The van der Waals surface area contributed by atoms with Crippen molar-refractivity contribution in [1.82, 2.24) is 14.9 Å². The summed E-state index contributed by atoms with van der Waals surface area (Å²) in [4.78, 5) is 24.1. The highest BCUT2D eigenvalue weighted by Crippen LogP contribution is 2.33. The smallest absolute Gasteiger partial charge is 0.416 e. The number of hydrogen-bond donors (Lipinski definition) is 1. The lowest BCUT2D eigenvalue weighted by molar-refractivity contribution is -0.137. The molecular formula is C19H17F4N5O3. The third kappa shape index (κ3) is 4.32. The van der Waals surface area contributed by atoms with Gasteiger partial charge < -0.3 is 19.0 Å². The summed E-state index contributed by atoms with van der Waals surface area (Å²) in [6, 6.07) is 3.53. The van der Waals surface area contributed by atoms with Crippen molar-refractivity contribution >= 4 is 28.8 Å². The molecule has 2 aromatic heterocycles. The second kappa shape index (κ2) is 7.93. The molecule has 3 aromatic rings. The van der Waals surface area contributed by atoms with Crippen molar-refractivity contribution in [3.05, 3.63) is 41.9 Å². The maximum atomic E-state index is 13.7. The number of rotatable bonds is 3.